The van der Waals surface area contributed by atoms with Gasteiger partial charge in [0.15, 0.2) is 0 Å². The highest BCUT2D eigenvalue weighted by Crippen LogP contribution is 2.14. The summed E-state index contributed by atoms with van der Waals surface area (Å²) in [6, 6.07) is 3.36. The molecule has 3 nitrogen and oxygen atoms in total. The number of aromatic nitrogens is 1. The molecule has 2 N–H and O–H groups in total. The Labute approximate surface area is 72.5 Å². The topological polar surface area (TPSA) is 45.1 Å². The molecule has 0 aliphatic rings. The van der Waals surface area contributed by atoms with Crippen molar-refractivity contribution < 1.29 is 5.11 Å². The lowest BCUT2D eigenvalue weighted by molar-refractivity contribution is 0.472. The molecule has 0 aliphatic carbocycles. The first-order valence-electron chi connectivity index (χ1n) is 3.90. The van der Waals surface area contributed by atoms with Crippen LogP contribution in [0.4, 0.5) is 5.82 Å². The van der Waals surface area contributed by atoms with Crippen LogP contribution in [0.5, 0.6) is 5.75 Å². The lowest BCUT2D eigenvalue weighted by Crippen LogP contribution is -2.26. The van der Waals surface area contributed by atoms with Crippen LogP contribution in [0.3, 0.4) is 0 Å². The van der Waals surface area contributed by atoms with Crippen LogP contribution in [0.25, 0.3) is 0 Å². The Kier molecular flexibility index (Phi) is 2.22. The van der Waals surface area contributed by atoms with Crippen molar-refractivity contribution in [1.29, 1.82) is 0 Å². The number of rotatable bonds is 1. The fourth-order valence-corrected chi connectivity index (χ4v) is 0.844. The first kappa shape index (κ1) is 8.84. The van der Waals surface area contributed by atoms with E-state index in [1.165, 1.54) is 6.20 Å². The Balaban J connectivity index is 2.71. The fourth-order valence-electron chi connectivity index (χ4n) is 0.844. The third kappa shape index (κ3) is 2.78. The standard InChI is InChI=1S/C9H14N2O/c1-9(2,3)11-8-5-4-7(12)6-10-8/h4-6,12H,1-3H3,(H,10,11). The van der Waals surface area contributed by atoms with Gasteiger partial charge in [-0.05, 0) is 32.9 Å². The van der Waals surface area contributed by atoms with Crippen molar-refractivity contribution in [2.75, 3.05) is 5.32 Å². The zero-order chi connectivity index (χ0) is 9.19. The van der Waals surface area contributed by atoms with Crippen molar-refractivity contribution in [1.82, 2.24) is 4.98 Å². The Morgan fingerprint density at radius 1 is 1.33 bits per heavy atom. The molecule has 0 bridgehead atoms. The van der Waals surface area contributed by atoms with Gasteiger partial charge in [-0.2, -0.15) is 0 Å². The second-order valence-electron chi connectivity index (χ2n) is 3.78. The van der Waals surface area contributed by atoms with Gasteiger partial charge in [0.2, 0.25) is 0 Å². The normalized spacial score (nSPS) is 11.2. The molecule has 12 heavy (non-hydrogen) atoms. The van der Waals surface area contributed by atoms with Crippen LogP contribution in [-0.4, -0.2) is 15.6 Å². The molecule has 1 aromatic rings. The number of nitrogens with zero attached hydrogens (tertiary/aromatic N) is 1. The molecule has 1 aromatic heterocycles. The minimum atomic E-state index is 0.00394. The molecule has 0 fully saturated rings. The van der Waals surface area contributed by atoms with Gasteiger partial charge in [-0.15, -0.1) is 0 Å². The van der Waals surface area contributed by atoms with Crippen molar-refractivity contribution in [2.45, 2.75) is 26.3 Å². The summed E-state index contributed by atoms with van der Waals surface area (Å²) in [4.78, 5) is 4.00. The molecular formula is C9H14N2O. The Bertz CT molecular complexity index is 248. The SMILES string of the molecule is CC(C)(C)Nc1ccc(O)cn1. The average molecular weight is 166 g/mol. The summed E-state index contributed by atoms with van der Waals surface area (Å²) in [5, 5.41) is 12.2. The largest absolute Gasteiger partial charge is 0.506 e. The summed E-state index contributed by atoms with van der Waals surface area (Å²) in [5.41, 5.74) is 0.00394. The molecule has 0 radical (unpaired) electrons. The van der Waals surface area contributed by atoms with E-state index in [1.807, 2.05) is 0 Å². The number of hydrogen-bond donors (Lipinski definition) is 2. The smallest absolute Gasteiger partial charge is 0.134 e. The summed E-state index contributed by atoms with van der Waals surface area (Å²) in [6.45, 7) is 6.17. The van der Waals surface area contributed by atoms with E-state index in [9.17, 15) is 0 Å². The van der Waals surface area contributed by atoms with Gasteiger partial charge >= 0.3 is 0 Å². The summed E-state index contributed by atoms with van der Waals surface area (Å²) in [6.07, 6.45) is 1.42. The Morgan fingerprint density at radius 3 is 2.42 bits per heavy atom. The number of pyridine rings is 1. The third-order valence-corrected chi connectivity index (χ3v) is 1.25. The average Bonchev–Trinajstić information content (AvgIpc) is 1.91. The molecule has 1 heterocycles. The second-order valence-corrected chi connectivity index (χ2v) is 3.78. The van der Waals surface area contributed by atoms with Gasteiger partial charge in [0.25, 0.3) is 0 Å². The molecule has 0 atom stereocenters. The quantitative estimate of drug-likeness (QED) is 0.670. The molecule has 66 valence electrons. The van der Waals surface area contributed by atoms with E-state index in [0.29, 0.717) is 0 Å². The minimum absolute atomic E-state index is 0.00394. The van der Waals surface area contributed by atoms with Crippen molar-refractivity contribution in [3.05, 3.63) is 18.3 Å². The zero-order valence-corrected chi connectivity index (χ0v) is 7.63. The maximum Gasteiger partial charge on any atom is 0.134 e. The molecule has 0 aromatic carbocycles. The monoisotopic (exact) mass is 166 g/mol. The van der Waals surface area contributed by atoms with Crippen molar-refractivity contribution >= 4 is 5.82 Å². The van der Waals surface area contributed by atoms with Gasteiger partial charge in [-0.3, -0.25) is 0 Å². The van der Waals surface area contributed by atoms with E-state index in [0.717, 1.165) is 5.82 Å². The molecular weight excluding hydrogens is 152 g/mol. The lowest BCUT2D eigenvalue weighted by Gasteiger charge is -2.20. The zero-order valence-electron chi connectivity index (χ0n) is 7.63. The maximum absolute atomic E-state index is 8.96. The first-order valence-corrected chi connectivity index (χ1v) is 3.90. The number of nitrogens with one attached hydrogen (secondary N) is 1. The van der Waals surface area contributed by atoms with E-state index in [2.05, 4.69) is 31.1 Å². The Hall–Kier alpha value is -1.25. The van der Waals surface area contributed by atoms with Crippen LogP contribution in [-0.2, 0) is 0 Å². The summed E-state index contributed by atoms with van der Waals surface area (Å²) >= 11 is 0. The van der Waals surface area contributed by atoms with E-state index >= 15 is 0 Å². The first-order chi connectivity index (χ1) is 5.47. The van der Waals surface area contributed by atoms with Crippen LogP contribution in [0.15, 0.2) is 18.3 Å². The van der Waals surface area contributed by atoms with E-state index in [4.69, 9.17) is 5.11 Å². The molecule has 0 saturated heterocycles. The minimum Gasteiger partial charge on any atom is -0.506 e. The third-order valence-electron chi connectivity index (χ3n) is 1.25. The highest BCUT2D eigenvalue weighted by molar-refractivity contribution is 5.38. The van der Waals surface area contributed by atoms with Gasteiger partial charge in [0.05, 0.1) is 6.20 Å². The summed E-state index contributed by atoms with van der Waals surface area (Å²) in [5.74, 6) is 0.967. The van der Waals surface area contributed by atoms with E-state index < -0.39 is 0 Å². The maximum atomic E-state index is 8.96. The molecule has 0 aliphatic heterocycles. The number of aromatic hydroxyl groups is 1. The molecule has 3 heteroatoms. The predicted molar refractivity (Wildman–Crippen MR) is 49.3 cm³/mol. The van der Waals surface area contributed by atoms with Crippen molar-refractivity contribution in [3.63, 3.8) is 0 Å². The van der Waals surface area contributed by atoms with E-state index in [-0.39, 0.29) is 11.3 Å². The summed E-state index contributed by atoms with van der Waals surface area (Å²) in [7, 11) is 0. The number of anilines is 1. The number of hydrogen-bond acceptors (Lipinski definition) is 3. The molecule has 0 spiro atoms. The molecule has 0 unspecified atom stereocenters. The van der Waals surface area contributed by atoms with Gasteiger partial charge in [0, 0.05) is 5.54 Å². The van der Waals surface area contributed by atoms with Gasteiger partial charge in [-0.1, -0.05) is 0 Å². The molecule has 0 saturated carbocycles. The lowest BCUT2D eigenvalue weighted by atomic mass is 10.1. The highest BCUT2D eigenvalue weighted by Gasteiger charge is 2.09. The van der Waals surface area contributed by atoms with Crippen molar-refractivity contribution in [3.8, 4) is 5.75 Å². The Morgan fingerprint density at radius 2 is 2.00 bits per heavy atom. The van der Waals surface area contributed by atoms with Crippen LogP contribution in [0, 0.1) is 0 Å². The molecule has 0 amide bonds. The van der Waals surface area contributed by atoms with Crippen molar-refractivity contribution in [2.24, 2.45) is 0 Å². The van der Waals surface area contributed by atoms with Crippen LogP contribution in [0.1, 0.15) is 20.8 Å². The van der Waals surface area contributed by atoms with Crippen LogP contribution in [0.2, 0.25) is 0 Å². The second kappa shape index (κ2) is 3.01. The summed E-state index contributed by atoms with van der Waals surface area (Å²) < 4.78 is 0. The predicted octanol–water partition coefficient (Wildman–Crippen LogP) is 2.00. The fraction of sp³-hybridized carbons (Fsp3) is 0.444. The highest BCUT2D eigenvalue weighted by atomic mass is 16.3. The molecule has 1 rings (SSSR count). The van der Waals surface area contributed by atoms with Crippen LogP contribution < -0.4 is 5.32 Å². The van der Waals surface area contributed by atoms with Crippen LogP contribution >= 0.6 is 0 Å². The van der Waals surface area contributed by atoms with Gasteiger partial charge in [-0.25, -0.2) is 4.98 Å². The van der Waals surface area contributed by atoms with E-state index in [1.54, 1.807) is 12.1 Å². The van der Waals surface area contributed by atoms with Gasteiger partial charge in [0.1, 0.15) is 11.6 Å². The van der Waals surface area contributed by atoms with Gasteiger partial charge < -0.3 is 10.4 Å².